The van der Waals surface area contributed by atoms with Crippen molar-refractivity contribution in [2.45, 2.75) is 19.1 Å². The van der Waals surface area contributed by atoms with Crippen molar-refractivity contribution >= 4 is 21.9 Å². The zero-order chi connectivity index (χ0) is 31.6. The number of rotatable bonds is 11. The SMILES string of the molecule is CS(=O)(=O)N(CC(Cc1cnc[nH]1)C(=O)O)n1nnc(-c2cc3c(c(C(=O)NCc4cccc(C(F)(F)F)c4)c2)OCO3)n1. The Hall–Kier alpha value is -5.20. The first-order valence-corrected chi connectivity index (χ1v) is 14.5. The second-order valence-electron chi connectivity index (χ2n) is 9.60. The number of tetrazole rings is 1. The summed E-state index contributed by atoms with van der Waals surface area (Å²) < 4.78 is 76.0. The van der Waals surface area contributed by atoms with Gasteiger partial charge in [-0.25, -0.2) is 13.4 Å². The third-order valence-corrected chi connectivity index (χ3v) is 7.48. The average Bonchev–Trinajstić information content (AvgIpc) is 3.74. The lowest BCUT2D eigenvalue weighted by Gasteiger charge is -2.22. The molecule has 44 heavy (non-hydrogen) atoms. The number of carbonyl (C=O) groups is 2. The van der Waals surface area contributed by atoms with Gasteiger partial charge in [-0.1, -0.05) is 17.0 Å². The molecular formula is C25H23F3N8O7S. The van der Waals surface area contributed by atoms with Crippen LogP contribution in [0.1, 0.15) is 27.2 Å². The molecule has 5 rings (SSSR count). The standard InChI is InChI=1S/C25H23F3N8O7S/c1-44(40,41)35(11-16(24(38)39)6-18-10-29-12-31-18)36-33-22(32-34-36)15-7-19(21-20(8-15)42-13-43-21)23(37)30-9-14-3-2-4-17(5-14)25(26,27)28/h2-5,7-8,10,12,16H,6,9,11,13H2,1H3,(H,29,31)(H,30,37)(H,38,39). The number of aromatic nitrogens is 6. The number of aromatic amines is 1. The van der Waals surface area contributed by atoms with E-state index < -0.39 is 46.1 Å². The number of benzene rings is 2. The van der Waals surface area contributed by atoms with E-state index in [1.54, 1.807) is 0 Å². The lowest BCUT2D eigenvalue weighted by Crippen LogP contribution is -2.46. The van der Waals surface area contributed by atoms with Crippen LogP contribution >= 0.6 is 0 Å². The first-order chi connectivity index (χ1) is 20.8. The zero-order valence-electron chi connectivity index (χ0n) is 22.6. The quantitative estimate of drug-likeness (QED) is 0.216. The van der Waals surface area contributed by atoms with Gasteiger partial charge >= 0.3 is 12.1 Å². The van der Waals surface area contributed by atoms with Crippen molar-refractivity contribution in [3.8, 4) is 22.9 Å². The maximum atomic E-state index is 13.1. The lowest BCUT2D eigenvalue weighted by molar-refractivity contribution is -0.141. The topological polar surface area (TPSA) is 195 Å². The molecule has 4 aromatic rings. The predicted octanol–water partition coefficient (Wildman–Crippen LogP) is 1.58. The fourth-order valence-electron chi connectivity index (χ4n) is 4.28. The van der Waals surface area contributed by atoms with Gasteiger partial charge in [-0.3, -0.25) is 9.59 Å². The van der Waals surface area contributed by atoms with Gasteiger partial charge in [0.25, 0.3) is 5.91 Å². The average molecular weight is 637 g/mol. The van der Waals surface area contributed by atoms with Crippen molar-refractivity contribution in [2.24, 2.45) is 5.92 Å². The van der Waals surface area contributed by atoms with Crippen LogP contribution in [0.4, 0.5) is 13.2 Å². The molecular weight excluding hydrogens is 613 g/mol. The largest absolute Gasteiger partial charge is 0.481 e. The van der Waals surface area contributed by atoms with E-state index in [0.29, 0.717) is 15.0 Å². The number of nitrogens with zero attached hydrogens (tertiary/aromatic N) is 6. The minimum Gasteiger partial charge on any atom is -0.481 e. The van der Waals surface area contributed by atoms with E-state index in [0.717, 1.165) is 18.4 Å². The van der Waals surface area contributed by atoms with Gasteiger partial charge in [0.1, 0.15) is 0 Å². The molecule has 0 radical (unpaired) electrons. The molecule has 0 fully saturated rings. The van der Waals surface area contributed by atoms with Gasteiger partial charge in [0.05, 0.1) is 36.2 Å². The second kappa shape index (κ2) is 11.8. The predicted molar refractivity (Wildman–Crippen MR) is 143 cm³/mol. The first-order valence-electron chi connectivity index (χ1n) is 12.7. The van der Waals surface area contributed by atoms with Crippen LogP contribution in [0.3, 0.4) is 0 Å². The number of halogens is 3. The molecule has 19 heteroatoms. The van der Waals surface area contributed by atoms with E-state index in [-0.39, 0.29) is 53.8 Å². The Morgan fingerprint density at radius 1 is 1.23 bits per heavy atom. The van der Waals surface area contributed by atoms with Gasteiger partial charge in [0.15, 0.2) is 11.5 Å². The summed E-state index contributed by atoms with van der Waals surface area (Å²) in [5.41, 5.74) is -0.0838. The fraction of sp³-hybridized carbons (Fsp3) is 0.280. The van der Waals surface area contributed by atoms with Crippen molar-refractivity contribution in [1.29, 1.82) is 0 Å². The summed E-state index contributed by atoms with van der Waals surface area (Å²) in [6.07, 6.45) is -0.993. The smallest absolute Gasteiger partial charge is 0.416 e. The van der Waals surface area contributed by atoms with E-state index >= 15 is 0 Å². The third kappa shape index (κ3) is 6.72. The van der Waals surface area contributed by atoms with Crippen molar-refractivity contribution in [3.63, 3.8) is 0 Å². The second-order valence-corrected chi connectivity index (χ2v) is 11.5. The van der Waals surface area contributed by atoms with Crippen LogP contribution in [0.15, 0.2) is 48.9 Å². The molecule has 0 saturated heterocycles. The van der Waals surface area contributed by atoms with Gasteiger partial charge in [0.2, 0.25) is 22.6 Å². The Morgan fingerprint density at radius 3 is 2.70 bits per heavy atom. The number of nitrogens with one attached hydrogen (secondary N) is 2. The molecule has 1 atom stereocenters. The summed E-state index contributed by atoms with van der Waals surface area (Å²) in [7, 11) is -4.11. The van der Waals surface area contributed by atoms with E-state index in [9.17, 15) is 36.3 Å². The number of fused-ring (bicyclic) bond motifs is 1. The number of hydrogen-bond acceptors (Lipinski definition) is 10. The van der Waals surface area contributed by atoms with Gasteiger partial charge in [-0.2, -0.15) is 17.6 Å². The number of alkyl halides is 3. The number of ether oxygens (including phenoxy) is 2. The molecule has 1 unspecified atom stereocenters. The molecule has 3 heterocycles. The van der Waals surface area contributed by atoms with Crippen LogP contribution in [0, 0.1) is 5.92 Å². The minimum atomic E-state index is -4.55. The molecule has 3 N–H and O–H groups in total. The van der Waals surface area contributed by atoms with E-state index in [1.807, 2.05) is 0 Å². The molecule has 1 aliphatic rings. The summed E-state index contributed by atoms with van der Waals surface area (Å²) in [6, 6.07) is 7.23. The summed E-state index contributed by atoms with van der Waals surface area (Å²) in [5.74, 6) is -3.14. The number of carbonyl (C=O) groups excluding carboxylic acids is 1. The van der Waals surface area contributed by atoms with Crippen LogP contribution in [0.25, 0.3) is 11.4 Å². The molecule has 1 amide bonds. The molecule has 232 valence electrons. The monoisotopic (exact) mass is 636 g/mol. The summed E-state index contributed by atoms with van der Waals surface area (Å²) >= 11 is 0. The summed E-state index contributed by atoms with van der Waals surface area (Å²) in [4.78, 5) is 32.3. The fourth-order valence-corrected chi connectivity index (χ4v) is 5.07. The Bertz CT molecular complexity index is 1800. The number of sulfonamides is 1. The van der Waals surface area contributed by atoms with Gasteiger partial charge < -0.3 is 24.9 Å². The number of aliphatic carboxylic acids is 1. The van der Waals surface area contributed by atoms with Gasteiger partial charge in [0, 0.05) is 30.4 Å². The van der Waals surface area contributed by atoms with Crippen LogP contribution < -0.4 is 19.2 Å². The van der Waals surface area contributed by atoms with E-state index in [2.05, 4.69) is 30.7 Å². The highest BCUT2D eigenvalue weighted by atomic mass is 32.2. The molecule has 0 saturated carbocycles. The number of carboxylic acids is 1. The zero-order valence-corrected chi connectivity index (χ0v) is 23.5. The Kier molecular flexibility index (Phi) is 8.13. The molecule has 2 aromatic heterocycles. The number of amides is 1. The summed E-state index contributed by atoms with van der Waals surface area (Å²) in [6.45, 7) is -1.00. The van der Waals surface area contributed by atoms with Crippen LogP contribution in [-0.2, 0) is 34.0 Å². The van der Waals surface area contributed by atoms with Crippen molar-refractivity contribution < 1.29 is 45.8 Å². The van der Waals surface area contributed by atoms with E-state index in [1.165, 1.54) is 36.8 Å². The Morgan fingerprint density at radius 2 is 2.02 bits per heavy atom. The number of hydrogen-bond donors (Lipinski definition) is 3. The van der Waals surface area contributed by atoms with Gasteiger partial charge in [-0.15, -0.1) is 10.2 Å². The van der Waals surface area contributed by atoms with Crippen molar-refractivity contribution in [2.75, 3.05) is 24.0 Å². The first kappa shape index (κ1) is 30.3. The Balaban J connectivity index is 1.40. The normalized spacial score (nSPS) is 13.5. The third-order valence-electron chi connectivity index (χ3n) is 6.42. The molecule has 0 bridgehead atoms. The van der Waals surface area contributed by atoms with Crippen LogP contribution in [0.2, 0.25) is 0 Å². The molecule has 15 nitrogen and oxygen atoms in total. The molecule has 0 aliphatic carbocycles. The molecule has 2 aromatic carbocycles. The van der Waals surface area contributed by atoms with E-state index in [4.69, 9.17) is 9.47 Å². The van der Waals surface area contributed by atoms with Crippen LogP contribution in [0.5, 0.6) is 11.5 Å². The number of carboxylic acid groups (broad SMARTS) is 1. The maximum absolute atomic E-state index is 13.1. The highest BCUT2D eigenvalue weighted by Crippen LogP contribution is 2.39. The Labute approximate surface area is 246 Å². The highest BCUT2D eigenvalue weighted by Gasteiger charge is 2.32. The number of H-pyrrole nitrogens is 1. The van der Waals surface area contributed by atoms with Crippen molar-refractivity contribution in [1.82, 2.24) is 35.6 Å². The lowest BCUT2D eigenvalue weighted by atomic mass is 10.0. The summed E-state index contributed by atoms with van der Waals surface area (Å²) in [5, 5.41) is 24.0. The highest BCUT2D eigenvalue weighted by molar-refractivity contribution is 7.91. The minimum absolute atomic E-state index is 0.0520. The number of imidazole rings is 1. The molecule has 1 aliphatic heterocycles. The van der Waals surface area contributed by atoms with Crippen LogP contribution in [-0.4, -0.2) is 75.3 Å². The maximum Gasteiger partial charge on any atom is 0.416 e. The molecule has 0 spiro atoms. The van der Waals surface area contributed by atoms with Gasteiger partial charge in [-0.05, 0) is 35.0 Å². The van der Waals surface area contributed by atoms with Crippen molar-refractivity contribution in [3.05, 3.63) is 71.3 Å².